The van der Waals surface area contributed by atoms with E-state index in [0.717, 1.165) is 30.2 Å². The molecule has 2 aromatic rings. The molecule has 5 nitrogen and oxygen atoms in total. The zero-order chi connectivity index (χ0) is 16.1. The minimum absolute atomic E-state index is 0.133. The number of urea groups is 1. The summed E-state index contributed by atoms with van der Waals surface area (Å²) in [5.41, 5.74) is 1.64. The molecular formula is C17H23ClN4O. The second-order valence-electron chi connectivity index (χ2n) is 6.25. The van der Waals surface area contributed by atoms with Gasteiger partial charge < -0.3 is 15.0 Å². The van der Waals surface area contributed by atoms with Gasteiger partial charge in [0.15, 0.2) is 0 Å². The van der Waals surface area contributed by atoms with Crippen molar-refractivity contribution in [2.45, 2.75) is 45.1 Å². The summed E-state index contributed by atoms with van der Waals surface area (Å²) in [6.07, 6.45) is 11.5. The Bertz CT molecular complexity index is 664. The second-order valence-corrected chi connectivity index (χ2v) is 6.68. The SMILES string of the molecule is O=C(NCCCC1CCCC1)NCc1cn2cc(Cl)ccc2n1. The van der Waals surface area contributed by atoms with Crippen LogP contribution in [0.1, 0.15) is 44.2 Å². The van der Waals surface area contributed by atoms with Gasteiger partial charge in [-0.2, -0.15) is 0 Å². The molecule has 2 amide bonds. The molecule has 0 aliphatic heterocycles. The van der Waals surface area contributed by atoms with Gasteiger partial charge in [-0.3, -0.25) is 0 Å². The van der Waals surface area contributed by atoms with Gasteiger partial charge in [0, 0.05) is 18.9 Å². The number of rotatable bonds is 6. The number of nitrogens with one attached hydrogen (secondary N) is 2. The first kappa shape index (κ1) is 16.1. The van der Waals surface area contributed by atoms with Gasteiger partial charge in [-0.25, -0.2) is 9.78 Å². The van der Waals surface area contributed by atoms with E-state index in [4.69, 9.17) is 11.6 Å². The highest BCUT2D eigenvalue weighted by Gasteiger charge is 2.14. The molecule has 2 aromatic heterocycles. The molecule has 124 valence electrons. The molecule has 0 unspecified atom stereocenters. The molecule has 1 aliphatic carbocycles. The minimum atomic E-state index is -0.133. The van der Waals surface area contributed by atoms with Crippen LogP contribution in [0.2, 0.25) is 5.02 Å². The maximum Gasteiger partial charge on any atom is 0.315 e. The lowest BCUT2D eigenvalue weighted by Crippen LogP contribution is -2.35. The number of fused-ring (bicyclic) bond motifs is 1. The van der Waals surface area contributed by atoms with Gasteiger partial charge in [0.2, 0.25) is 0 Å². The fourth-order valence-electron chi connectivity index (χ4n) is 3.23. The van der Waals surface area contributed by atoms with Gasteiger partial charge in [-0.05, 0) is 30.9 Å². The van der Waals surface area contributed by atoms with E-state index in [1.54, 1.807) is 12.3 Å². The van der Waals surface area contributed by atoms with Gasteiger partial charge in [0.1, 0.15) is 5.65 Å². The Morgan fingerprint density at radius 1 is 1.26 bits per heavy atom. The molecule has 0 aromatic carbocycles. The normalized spacial score (nSPS) is 15.2. The van der Waals surface area contributed by atoms with Crippen LogP contribution in [-0.4, -0.2) is 22.0 Å². The van der Waals surface area contributed by atoms with Crippen LogP contribution in [0, 0.1) is 5.92 Å². The Morgan fingerprint density at radius 2 is 2.09 bits per heavy atom. The molecule has 6 heteroatoms. The number of hydrogen-bond acceptors (Lipinski definition) is 2. The van der Waals surface area contributed by atoms with Gasteiger partial charge in [-0.15, -0.1) is 0 Å². The molecule has 1 saturated carbocycles. The summed E-state index contributed by atoms with van der Waals surface area (Å²) in [7, 11) is 0. The monoisotopic (exact) mass is 334 g/mol. The highest BCUT2D eigenvalue weighted by molar-refractivity contribution is 6.30. The minimum Gasteiger partial charge on any atom is -0.338 e. The maximum absolute atomic E-state index is 11.8. The number of amides is 2. The molecule has 23 heavy (non-hydrogen) atoms. The molecule has 0 bridgehead atoms. The van der Waals surface area contributed by atoms with E-state index in [9.17, 15) is 4.79 Å². The quantitative estimate of drug-likeness (QED) is 0.790. The van der Waals surface area contributed by atoms with Crippen LogP contribution >= 0.6 is 11.6 Å². The van der Waals surface area contributed by atoms with Gasteiger partial charge >= 0.3 is 6.03 Å². The Morgan fingerprint density at radius 3 is 2.91 bits per heavy atom. The standard InChI is InChI=1S/C17H23ClN4O/c18-14-7-8-16-21-15(12-22(16)11-14)10-20-17(23)19-9-3-6-13-4-1-2-5-13/h7-8,11-13H,1-6,9-10H2,(H2,19,20,23). The lowest BCUT2D eigenvalue weighted by molar-refractivity contribution is 0.240. The van der Waals surface area contributed by atoms with Crippen molar-refractivity contribution in [1.29, 1.82) is 0 Å². The number of carbonyl (C=O) groups is 1. The average Bonchev–Trinajstić information content (AvgIpc) is 3.18. The van der Waals surface area contributed by atoms with E-state index in [1.807, 2.05) is 16.7 Å². The van der Waals surface area contributed by atoms with Crippen molar-refractivity contribution in [3.8, 4) is 0 Å². The first-order valence-corrected chi connectivity index (χ1v) is 8.73. The predicted octanol–water partition coefficient (Wildman–Crippen LogP) is 3.76. The Balaban J connectivity index is 1.37. The molecule has 2 N–H and O–H groups in total. The van der Waals surface area contributed by atoms with Crippen LogP contribution < -0.4 is 10.6 Å². The summed E-state index contributed by atoms with van der Waals surface area (Å²) in [5, 5.41) is 6.42. The van der Waals surface area contributed by atoms with Gasteiger partial charge in [0.05, 0.1) is 17.3 Å². The first-order valence-electron chi connectivity index (χ1n) is 8.35. The van der Waals surface area contributed by atoms with E-state index >= 15 is 0 Å². The summed E-state index contributed by atoms with van der Waals surface area (Å²) in [6, 6.07) is 3.53. The highest BCUT2D eigenvalue weighted by Crippen LogP contribution is 2.28. The largest absolute Gasteiger partial charge is 0.338 e. The first-order chi connectivity index (χ1) is 11.2. The van der Waals surface area contributed by atoms with Crippen molar-refractivity contribution in [3.63, 3.8) is 0 Å². The van der Waals surface area contributed by atoms with Gasteiger partial charge in [-0.1, -0.05) is 37.3 Å². The number of imidazole rings is 1. The Kier molecular flexibility index (Phi) is 5.39. The molecule has 0 spiro atoms. The smallest absolute Gasteiger partial charge is 0.315 e. The highest BCUT2D eigenvalue weighted by atomic mass is 35.5. The third kappa shape index (κ3) is 4.61. The lowest BCUT2D eigenvalue weighted by Gasteiger charge is -2.09. The van der Waals surface area contributed by atoms with E-state index in [0.29, 0.717) is 11.6 Å². The average molecular weight is 335 g/mol. The third-order valence-electron chi connectivity index (χ3n) is 4.44. The molecule has 3 rings (SSSR count). The van der Waals surface area contributed by atoms with Crippen LogP contribution in [-0.2, 0) is 6.54 Å². The van der Waals surface area contributed by atoms with Crippen molar-refractivity contribution in [1.82, 2.24) is 20.0 Å². The topological polar surface area (TPSA) is 58.4 Å². The fourth-order valence-corrected chi connectivity index (χ4v) is 3.40. The molecule has 0 atom stereocenters. The van der Waals surface area contributed by atoms with Crippen molar-refractivity contribution in [3.05, 3.63) is 35.2 Å². The van der Waals surface area contributed by atoms with Gasteiger partial charge in [0.25, 0.3) is 0 Å². The second kappa shape index (κ2) is 7.68. The van der Waals surface area contributed by atoms with Crippen molar-refractivity contribution in [2.75, 3.05) is 6.54 Å². The molecule has 2 heterocycles. The summed E-state index contributed by atoms with van der Waals surface area (Å²) in [4.78, 5) is 16.2. The predicted molar refractivity (Wildman–Crippen MR) is 91.6 cm³/mol. The lowest BCUT2D eigenvalue weighted by atomic mass is 10.0. The number of carbonyl (C=O) groups excluding carboxylic acids is 1. The van der Waals surface area contributed by atoms with Crippen LogP contribution in [0.4, 0.5) is 4.79 Å². The summed E-state index contributed by atoms with van der Waals surface area (Å²) < 4.78 is 1.86. The summed E-state index contributed by atoms with van der Waals surface area (Å²) >= 11 is 5.95. The molecular weight excluding hydrogens is 312 g/mol. The fraction of sp³-hybridized carbons (Fsp3) is 0.529. The van der Waals surface area contributed by atoms with E-state index in [2.05, 4.69) is 15.6 Å². The van der Waals surface area contributed by atoms with Crippen molar-refractivity contribution in [2.24, 2.45) is 5.92 Å². The van der Waals surface area contributed by atoms with Crippen LogP contribution in [0.15, 0.2) is 24.5 Å². The number of aromatic nitrogens is 2. The zero-order valence-corrected chi connectivity index (χ0v) is 14.0. The van der Waals surface area contributed by atoms with Crippen molar-refractivity contribution < 1.29 is 4.79 Å². The third-order valence-corrected chi connectivity index (χ3v) is 4.67. The molecule has 1 aliphatic rings. The molecule has 0 radical (unpaired) electrons. The Labute approximate surface area is 141 Å². The van der Waals surface area contributed by atoms with Crippen LogP contribution in [0.3, 0.4) is 0 Å². The van der Waals surface area contributed by atoms with E-state index < -0.39 is 0 Å². The number of halogens is 1. The summed E-state index contributed by atoms with van der Waals surface area (Å²) in [5.74, 6) is 0.879. The van der Waals surface area contributed by atoms with Crippen molar-refractivity contribution >= 4 is 23.3 Å². The number of pyridine rings is 1. The van der Waals surface area contributed by atoms with Crippen LogP contribution in [0.25, 0.3) is 5.65 Å². The van der Waals surface area contributed by atoms with Crippen LogP contribution in [0.5, 0.6) is 0 Å². The molecule has 1 fully saturated rings. The number of nitrogens with zero attached hydrogens (tertiary/aromatic N) is 2. The van der Waals surface area contributed by atoms with E-state index in [-0.39, 0.29) is 6.03 Å². The number of hydrogen-bond donors (Lipinski definition) is 2. The molecule has 0 saturated heterocycles. The summed E-state index contributed by atoms with van der Waals surface area (Å²) in [6.45, 7) is 1.15. The maximum atomic E-state index is 11.8. The Hall–Kier alpha value is -1.75. The zero-order valence-electron chi connectivity index (χ0n) is 13.2. The van der Waals surface area contributed by atoms with E-state index in [1.165, 1.54) is 32.1 Å².